The zero-order chi connectivity index (χ0) is 16.1. The Labute approximate surface area is 135 Å². The molecule has 2 atom stereocenters. The Morgan fingerprint density at radius 2 is 1.82 bits per heavy atom. The molecule has 0 N–H and O–H groups in total. The minimum atomic E-state index is -0.531. The van der Waals surface area contributed by atoms with E-state index in [0.29, 0.717) is 11.5 Å². The van der Waals surface area contributed by atoms with E-state index in [1.54, 1.807) is 21.3 Å². The molecule has 0 bridgehead atoms. The summed E-state index contributed by atoms with van der Waals surface area (Å²) in [7, 11) is 4.84. The van der Waals surface area contributed by atoms with Crippen molar-refractivity contribution in [3.8, 4) is 17.2 Å². The zero-order valence-electron chi connectivity index (χ0n) is 13.3. The van der Waals surface area contributed by atoms with E-state index in [-0.39, 0.29) is 5.38 Å². The molecule has 0 saturated heterocycles. The fourth-order valence-corrected chi connectivity index (χ4v) is 2.43. The summed E-state index contributed by atoms with van der Waals surface area (Å²) in [6, 6.07) is 9.59. The smallest absolute Gasteiger partial charge is 0.216 e. The molecule has 2 rings (SSSR count). The van der Waals surface area contributed by atoms with Crippen molar-refractivity contribution < 1.29 is 18.9 Å². The molecule has 0 aliphatic rings. The van der Waals surface area contributed by atoms with Crippen LogP contribution in [0.2, 0.25) is 0 Å². The number of benzene rings is 2. The first kappa shape index (κ1) is 16.7. The van der Waals surface area contributed by atoms with Gasteiger partial charge in [-0.05, 0) is 36.1 Å². The van der Waals surface area contributed by atoms with Gasteiger partial charge in [-0.2, -0.15) is 0 Å². The highest BCUT2D eigenvalue weighted by molar-refractivity contribution is 6.20. The summed E-state index contributed by atoms with van der Waals surface area (Å²) in [4.78, 5) is 0. The van der Waals surface area contributed by atoms with Gasteiger partial charge in [0.2, 0.25) is 6.29 Å². The topological polar surface area (TPSA) is 36.9 Å². The average Bonchev–Trinajstić information content (AvgIpc) is 2.57. The predicted octanol–water partition coefficient (Wildman–Crippen LogP) is 4.23. The largest absolute Gasteiger partial charge is 0.497 e. The standard InChI is InChI=1S/C17H21ClO4/c1-5-14(18)17(21-4)22-15-9-6-11-10-12(19-2)7-8-13(11)16(15)20-3/h6-10,14,17H,5H2,1-4H3. The lowest BCUT2D eigenvalue weighted by molar-refractivity contribution is -0.0564. The van der Waals surface area contributed by atoms with Crippen molar-refractivity contribution in [1.29, 1.82) is 0 Å². The fourth-order valence-electron chi connectivity index (χ4n) is 2.28. The first-order chi connectivity index (χ1) is 10.6. The van der Waals surface area contributed by atoms with Gasteiger partial charge in [0.1, 0.15) is 5.75 Å². The maximum Gasteiger partial charge on any atom is 0.216 e. The van der Waals surface area contributed by atoms with Gasteiger partial charge in [0.05, 0.1) is 19.6 Å². The molecule has 0 amide bonds. The van der Waals surface area contributed by atoms with E-state index in [2.05, 4.69) is 0 Å². The summed E-state index contributed by atoms with van der Waals surface area (Å²) in [5.41, 5.74) is 0. The summed E-state index contributed by atoms with van der Waals surface area (Å²) in [5, 5.41) is 1.72. The third-order valence-electron chi connectivity index (χ3n) is 3.51. The molecule has 0 aliphatic heterocycles. The van der Waals surface area contributed by atoms with Gasteiger partial charge in [-0.1, -0.05) is 13.0 Å². The zero-order valence-corrected chi connectivity index (χ0v) is 14.0. The molecule has 0 fully saturated rings. The SMILES string of the molecule is CCC(Cl)C(OC)Oc1ccc2cc(OC)ccc2c1OC. The lowest BCUT2D eigenvalue weighted by Crippen LogP contribution is -2.29. The molecule has 22 heavy (non-hydrogen) atoms. The first-order valence-electron chi connectivity index (χ1n) is 7.12. The van der Waals surface area contributed by atoms with E-state index >= 15 is 0 Å². The monoisotopic (exact) mass is 324 g/mol. The van der Waals surface area contributed by atoms with Gasteiger partial charge >= 0.3 is 0 Å². The minimum Gasteiger partial charge on any atom is -0.497 e. The third-order valence-corrected chi connectivity index (χ3v) is 4.02. The van der Waals surface area contributed by atoms with Crippen LogP contribution in [0.15, 0.2) is 30.3 Å². The maximum atomic E-state index is 6.23. The molecule has 0 aliphatic carbocycles. The second kappa shape index (κ2) is 7.56. The molecule has 0 saturated carbocycles. The highest BCUT2D eigenvalue weighted by Gasteiger charge is 2.21. The van der Waals surface area contributed by atoms with Crippen molar-refractivity contribution >= 4 is 22.4 Å². The number of ether oxygens (including phenoxy) is 4. The minimum absolute atomic E-state index is 0.235. The number of hydrogen-bond donors (Lipinski definition) is 0. The summed E-state index contributed by atoms with van der Waals surface area (Å²) >= 11 is 6.23. The van der Waals surface area contributed by atoms with Crippen LogP contribution in [0.1, 0.15) is 13.3 Å². The van der Waals surface area contributed by atoms with Crippen molar-refractivity contribution in [3.63, 3.8) is 0 Å². The second-order valence-electron chi connectivity index (χ2n) is 4.83. The van der Waals surface area contributed by atoms with Gasteiger partial charge in [0.25, 0.3) is 0 Å². The lowest BCUT2D eigenvalue weighted by Gasteiger charge is -2.23. The van der Waals surface area contributed by atoms with Gasteiger partial charge in [-0.25, -0.2) is 0 Å². The number of rotatable bonds is 7. The molecule has 2 aromatic rings. The number of halogens is 1. The highest BCUT2D eigenvalue weighted by Crippen LogP contribution is 2.38. The Morgan fingerprint density at radius 3 is 2.41 bits per heavy atom. The second-order valence-corrected chi connectivity index (χ2v) is 5.39. The number of alkyl halides is 1. The van der Waals surface area contributed by atoms with Gasteiger partial charge in [0, 0.05) is 12.5 Å². The lowest BCUT2D eigenvalue weighted by atomic mass is 10.1. The Kier molecular flexibility index (Phi) is 5.75. The van der Waals surface area contributed by atoms with E-state index < -0.39 is 6.29 Å². The Balaban J connectivity index is 2.42. The van der Waals surface area contributed by atoms with Crippen LogP contribution in [0.5, 0.6) is 17.2 Å². The molecule has 5 heteroatoms. The first-order valence-corrected chi connectivity index (χ1v) is 7.56. The average molecular weight is 325 g/mol. The van der Waals surface area contributed by atoms with E-state index in [1.165, 1.54) is 0 Å². The third kappa shape index (κ3) is 3.39. The van der Waals surface area contributed by atoms with E-state index in [9.17, 15) is 0 Å². The van der Waals surface area contributed by atoms with Crippen LogP contribution in [0.25, 0.3) is 10.8 Å². The summed E-state index contributed by atoms with van der Waals surface area (Å²) in [5.74, 6) is 2.05. The van der Waals surface area contributed by atoms with E-state index in [0.717, 1.165) is 22.9 Å². The Hall–Kier alpha value is -1.65. The fraction of sp³-hybridized carbons (Fsp3) is 0.412. The van der Waals surface area contributed by atoms with Crippen LogP contribution in [-0.4, -0.2) is 33.0 Å². The van der Waals surface area contributed by atoms with Crippen LogP contribution in [0.4, 0.5) is 0 Å². The predicted molar refractivity (Wildman–Crippen MR) is 88.4 cm³/mol. The number of hydrogen-bond acceptors (Lipinski definition) is 4. The van der Waals surface area contributed by atoms with Crippen LogP contribution in [-0.2, 0) is 4.74 Å². The van der Waals surface area contributed by atoms with Crippen LogP contribution < -0.4 is 14.2 Å². The van der Waals surface area contributed by atoms with Gasteiger partial charge in [-0.3, -0.25) is 0 Å². The summed E-state index contributed by atoms with van der Waals surface area (Å²) in [6.45, 7) is 1.98. The molecular formula is C17H21ClO4. The molecule has 4 nitrogen and oxygen atoms in total. The van der Waals surface area contributed by atoms with Crippen molar-refractivity contribution in [2.45, 2.75) is 25.0 Å². The number of methoxy groups -OCH3 is 3. The molecule has 2 aromatic carbocycles. The van der Waals surface area contributed by atoms with Gasteiger partial charge < -0.3 is 18.9 Å². The Bertz CT molecular complexity index is 629. The van der Waals surface area contributed by atoms with E-state index in [1.807, 2.05) is 37.3 Å². The van der Waals surface area contributed by atoms with Gasteiger partial charge in [-0.15, -0.1) is 11.6 Å². The Morgan fingerprint density at radius 1 is 1.05 bits per heavy atom. The van der Waals surface area contributed by atoms with Crippen LogP contribution in [0.3, 0.4) is 0 Å². The molecular weight excluding hydrogens is 304 g/mol. The van der Waals surface area contributed by atoms with Crippen LogP contribution in [0, 0.1) is 0 Å². The number of fused-ring (bicyclic) bond motifs is 1. The van der Waals surface area contributed by atoms with Crippen LogP contribution >= 0.6 is 11.6 Å². The molecule has 120 valence electrons. The quantitative estimate of drug-likeness (QED) is 0.564. The van der Waals surface area contributed by atoms with Gasteiger partial charge in [0.15, 0.2) is 11.5 Å². The van der Waals surface area contributed by atoms with E-state index in [4.69, 9.17) is 30.5 Å². The van der Waals surface area contributed by atoms with Crippen molar-refractivity contribution in [2.75, 3.05) is 21.3 Å². The molecule has 0 radical (unpaired) electrons. The highest BCUT2D eigenvalue weighted by atomic mass is 35.5. The molecule has 2 unspecified atom stereocenters. The van der Waals surface area contributed by atoms with Crippen molar-refractivity contribution in [2.24, 2.45) is 0 Å². The molecule has 0 spiro atoms. The van der Waals surface area contributed by atoms with Crippen molar-refractivity contribution in [1.82, 2.24) is 0 Å². The maximum absolute atomic E-state index is 6.23. The summed E-state index contributed by atoms with van der Waals surface area (Å²) in [6.07, 6.45) is 0.212. The normalized spacial score (nSPS) is 13.7. The summed E-state index contributed by atoms with van der Waals surface area (Å²) < 4.78 is 22.0. The van der Waals surface area contributed by atoms with Crippen molar-refractivity contribution in [3.05, 3.63) is 30.3 Å². The molecule has 0 heterocycles. The molecule has 0 aromatic heterocycles.